The van der Waals surface area contributed by atoms with Crippen LogP contribution in [0.2, 0.25) is 0 Å². The first-order chi connectivity index (χ1) is 11.8. The van der Waals surface area contributed by atoms with Crippen LogP contribution in [0.1, 0.15) is 16.7 Å². The first-order valence-electron chi connectivity index (χ1n) is 7.65. The lowest BCUT2D eigenvalue weighted by Gasteiger charge is -2.06. The molecule has 0 unspecified atom stereocenters. The van der Waals surface area contributed by atoms with Crippen LogP contribution in [0.15, 0.2) is 48.7 Å². The van der Waals surface area contributed by atoms with E-state index in [1.807, 2.05) is 49.0 Å². The van der Waals surface area contributed by atoms with Crippen LogP contribution in [0.5, 0.6) is 0 Å². The normalized spacial score (nSPS) is 10.2. The molecule has 0 fully saturated rings. The summed E-state index contributed by atoms with van der Waals surface area (Å²) in [7, 11) is 1.92. The highest BCUT2D eigenvalue weighted by atomic mass is 19.1. The van der Waals surface area contributed by atoms with Crippen LogP contribution in [0.3, 0.4) is 0 Å². The van der Waals surface area contributed by atoms with E-state index in [1.165, 1.54) is 17.7 Å². The highest BCUT2D eigenvalue weighted by Crippen LogP contribution is 2.23. The molecule has 1 heterocycles. The van der Waals surface area contributed by atoms with Crippen molar-refractivity contribution in [1.82, 2.24) is 4.57 Å². The SMILES string of the molecule is Cc1ccccc1CC(=N)c1cn(C)c2ccc(F)cc12.NC(=O)O. The molecule has 1 aromatic heterocycles. The Bertz CT molecular complexity index is 928. The van der Waals surface area contributed by atoms with Crippen molar-refractivity contribution in [2.24, 2.45) is 12.8 Å². The molecular formula is C19H20FN3O2. The smallest absolute Gasteiger partial charge is 0.402 e. The number of rotatable bonds is 3. The molecule has 0 aliphatic carbocycles. The summed E-state index contributed by atoms with van der Waals surface area (Å²) in [6.45, 7) is 2.05. The van der Waals surface area contributed by atoms with Crippen LogP contribution in [0, 0.1) is 18.2 Å². The third-order valence-electron chi connectivity index (χ3n) is 3.91. The molecule has 0 atom stereocenters. The summed E-state index contributed by atoms with van der Waals surface area (Å²) in [5.41, 5.74) is 8.60. The minimum absolute atomic E-state index is 0.265. The highest BCUT2D eigenvalue weighted by Gasteiger charge is 2.13. The van der Waals surface area contributed by atoms with Crippen LogP contribution in [-0.4, -0.2) is 21.5 Å². The second-order valence-electron chi connectivity index (χ2n) is 5.74. The molecule has 0 saturated heterocycles. The van der Waals surface area contributed by atoms with E-state index >= 15 is 0 Å². The Morgan fingerprint density at radius 1 is 1.28 bits per heavy atom. The number of nitrogens with one attached hydrogen (secondary N) is 1. The van der Waals surface area contributed by atoms with Crippen molar-refractivity contribution in [3.63, 3.8) is 0 Å². The van der Waals surface area contributed by atoms with Gasteiger partial charge >= 0.3 is 6.09 Å². The van der Waals surface area contributed by atoms with Crippen molar-refractivity contribution in [2.45, 2.75) is 13.3 Å². The first kappa shape index (κ1) is 18.2. The van der Waals surface area contributed by atoms with E-state index in [-0.39, 0.29) is 5.82 Å². The average molecular weight is 341 g/mol. The zero-order valence-corrected chi connectivity index (χ0v) is 14.1. The van der Waals surface area contributed by atoms with Gasteiger partial charge in [0.1, 0.15) is 5.82 Å². The van der Waals surface area contributed by atoms with E-state index in [1.54, 1.807) is 6.07 Å². The molecule has 0 aliphatic rings. The monoisotopic (exact) mass is 341 g/mol. The molecular weight excluding hydrogens is 321 g/mol. The number of carboxylic acid groups (broad SMARTS) is 1. The van der Waals surface area contributed by atoms with Gasteiger partial charge in [0, 0.05) is 41.8 Å². The van der Waals surface area contributed by atoms with Crippen molar-refractivity contribution in [2.75, 3.05) is 0 Å². The number of nitrogens with two attached hydrogens (primary N) is 1. The number of aryl methyl sites for hydroxylation is 2. The van der Waals surface area contributed by atoms with Crippen LogP contribution < -0.4 is 5.73 Å². The molecule has 3 aromatic rings. The van der Waals surface area contributed by atoms with Crippen molar-refractivity contribution >= 4 is 22.7 Å². The van der Waals surface area contributed by atoms with Gasteiger partial charge in [0.05, 0.1) is 0 Å². The van der Waals surface area contributed by atoms with Gasteiger partial charge in [0.15, 0.2) is 0 Å². The van der Waals surface area contributed by atoms with E-state index in [2.05, 4.69) is 5.73 Å². The summed E-state index contributed by atoms with van der Waals surface area (Å²) >= 11 is 0. The minimum atomic E-state index is -1.33. The molecule has 6 heteroatoms. The molecule has 3 rings (SSSR count). The standard InChI is InChI=1S/C18H17FN2.CH3NO2/c1-12-5-3-4-6-13(12)9-17(20)16-11-21(2)18-8-7-14(19)10-15(16)18;2-1(3)4/h3-8,10-11,20H,9H2,1-2H3;2H2,(H,3,4). The van der Waals surface area contributed by atoms with Gasteiger partial charge in [0.25, 0.3) is 0 Å². The molecule has 0 saturated carbocycles. The predicted molar refractivity (Wildman–Crippen MR) is 96.8 cm³/mol. The van der Waals surface area contributed by atoms with Crippen molar-refractivity contribution in [3.8, 4) is 0 Å². The lowest BCUT2D eigenvalue weighted by molar-refractivity contribution is 0.205. The van der Waals surface area contributed by atoms with Crippen LogP contribution >= 0.6 is 0 Å². The number of fused-ring (bicyclic) bond motifs is 1. The summed E-state index contributed by atoms with van der Waals surface area (Å²) < 4.78 is 15.4. The van der Waals surface area contributed by atoms with Crippen molar-refractivity contribution in [1.29, 1.82) is 5.41 Å². The Morgan fingerprint density at radius 3 is 2.56 bits per heavy atom. The Labute approximate surface area is 145 Å². The van der Waals surface area contributed by atoms with Gasteiger partial charge < -0.3 is 20.8 Å². The van der Waals surface area contributed by atoms with Crippen LogP contribution in [-0.2, 0) is 13.5 Å². The van der Waals surface area contributed by atoms with Gasteiger partial charge in [-0.3, -0.25) is 0 Å². The molecule has 0 aliphatic heterocycles. The quantitative estimate of drug-likeness (QED) is 0.631. The fourth-order valence-corrected chi connectivity index (χ4v) is 2.70. The van der Waals surface area contributed by atoms with E-state index in [0.717, 1.165) is 22.0 Å². The second kappa shape index (κ2) is 7.61. The van der Waals surface area contributed by atoms with Gasteiger partial charge in [-0.15, -0.1) is 0 Å². The van der Waals surface area contributed by atoms with E-state index in [4.69, 9.17) is 15.3 Å². The van der Waals surface area contributed by atoms with Crippen molar-refractivity contribution in [3.05, 3.63) is 71.2 Å². The molecule has 1 amide bonds. The van der Waals surface area contributed by atoms with E-state index in [9.17, 15) is 4.39 Å². The lowest BCUT2D eigenvalue weighted by atomic mass is 9.98. The number of hydrogen-bond acceptors (Lipinski definition) is 2. The largest absolute Gasteiger partial charge is 0.465 e. The van der Waals surface area contributed by atoms with Crippen molar-refractivity contribution < 1.29 is 14.3 Å². The summed E-state index contributed by atoms with van der Waals surface area (Å²) in [4.78, 5) is 8.78. The maximum atomic E-state index is 13.5. The topological polar surface area (TPSA) is 92.1 Å². The Morgan fingerprint density at radius 2 is 1.92 bits per heavy atom. The molecule has 0 spiro atoms. The second-order valence-corrected chi connectivity index (χ2v) is 5.74. The summed E-state index contributed by atoms with van der Waals surface area (Å²) in [6.07, 6.45) is 1.13. The number of aromatic nitrogens is 1. The van der Waals surface area contributed by atoms with Gasteiger partial charge in [-0.25, -0.2) is 9.18 Å². The van der Waals surface area contributed by atoms with E-state index in [0.29, 0.717) is 12.1 Å². The zero-order chi connectivity index (χ0) is 18.6. The van der Waals surface area contributed by atoms with Gasteiger partial charge in [-0.1, -0.05) is 24.3 Å². The molecule has 25 heavy (non-hydrogen) atoms. The number of benzene rings is 2. The first-order valence-corrected chi connectivity index (χ1v) is 7.65. The molecule has 5 nitrogen and oxygen atoms in total. The third kappa shape index (κ3) is 4.44. The fourth-order valence-electron chi connectivity index (χ4n) is 2.70. The Kier molecular flexibility index (Phi) is 5.54. The lowest BCUT2D eigenvalue weighted by Crippen LogP contribution is -2.04. The number of primary amides is 1. The molecule has 4 N–H and O–H groups in total. The maximum absolute atomic E-state index is 13.5. The van der Waals surface area contributed by atoms with Gasteiger partial charge in [-0.05, 0) is 36.2 Å². The molecule has 0 radical (unpaired) electrons. The average Bonchev–Trinajstić information content (AvgIpc) is 2.85. The summed E-state index contributed by atoms with van der Waals surface area (Å²) in [5.74, 6) is -0.265. The highest BCUT2D eigenvalue weighted by molar-refractivity contribution is 6.10. The summed E-state index contributed by atoms with van der Waals surface area (Å²) in [6, 6.07) is 12.8. The van der Waals surface area contributed by atoms with Crippen LogP contribution in [0.4, 0.5) is 9.18 Å². The Balaban J connectivity index is 0.000000511. The number of hydrogen-bond donors (Lipinski definition) is 3. The molecule has 130 valence electrons. The number of halogens is 1. The number of nitrogens with zero attached hydrogens (tertiary/aromatic N) is 1. The Hall–Kier alpha value is -3.15. The zero-order valence-electron chi connectivity index (χ0n) is 14.1. The third-order valence-corrected chi connectivity index (χ3v) is 3.91. The fraction of sp³-hybridized carbons (Fsp3) is 0.158. The van der Waals surface area contributed by atoms with Gasteiger partial charge in [0.2, 0.25) is 0 Å². The number of amides is 1. The van der Waals surface area contributed by atoms with Gasteiger partial charge in [-0.2, -0.15) is 0 Å². The molecule has 0 bridgehead atoms. The van der Waals surface area contributed by atoms with Crippen LogP contribution in [0.25, 0.3) is 10.9 Å². The minimum Gasteiger partial charge on any atom is -0.465 e. The van der Waals surface area contributed by atoms with E-state index < -0.39 is 6.09 Å². The number of carbonyl (C=O) groups is 1. The summed E-state index contributed by atoms with van der Waals surface area (Å²) in [5, 5.41) is 16.4. The molecule has 2 aromatic carbocycles. The maximum Gasteiger partial charge on any atom is 0.402 e. The predicted octanol–water partition coefficient (Wildman–Crippen LogP) is 3.86.